The normalized spacial score (nSPS) is 10.4. The summed E-state index contributed by atoms with van der Waals surface area (Å²) in [5.74, 6) is 1.07. The van der Waals surface area contributed by atoms with E-state index in [0.717, 1.165) is 6.42 Å². The molecule has 2 N–H and O–H groups in total. The fourth-order valence-corrected chi connectivity index (χ4v) is 2.07. The summed E-state index contributed by atoms with van der Waals surface area (Å²) in [5.41, 5.74) is 1.87. The van der Waals surface area contributed by atoms with Crippen molar-refractivity contribution in [1.29, 1.82) is 0 Å². The predicted octanol–water partition coefficient (Wildman–Crippen LogP) is 2.45. The smallest absolute Gasteiger partial charge is 0.264 e. The molecule has 3 rings (SSSR count). The second-order valence-corrected chi connectivity index (χ2v) is 5.07. The molecule has 0 bridgehead atoms. The van der Waals surface area contributed by atoms with Gasteiger partial charge in [0.25, 0.3) is 5.91 Å². The van der Waals surface area contributed by atoms with Crippen LogP contribution in [0.5, 0.6) is 5.75 Å². The molecule has 0 saturated heterocycles. The standard InChI is InChI=1S/C17H17N5O2/c1-2-12-6-8-13(9-7-12)24-11-15(23)19-17-20-16(21-22-17)14-5-3-4-10-18-14/h3-10H,2,11H2,1H3,(H2,19,20,21,22,23). The molecule has 0 aliphatic rings. The lowest BCUT2D eigenvalue weighted by Gasteiger charge is -2.06. The molecule has 24 heavy (non-hydrogen) atoms. The van der Waals surface area contributed by atoms with Gasteiger partial charge in [0.05, 0.1) is 0 Å². The van der Waals surface area contributed by atoms with Gasteiger partial charge in [0.15, 0.2) is 12.4 Å². The number of hydrogen-bond donors (Lipinski definition) is 2. The van der Waals surface area contributed by atoms with Crippen molar-refractivity contribution in [1.82, 2.24) is 20.2 Å². The molecule has 0 radical (unpaired) electrons. The van der Waals surface area contributed by atoms with E-state index >= 15 is 0 Å². The molecule has 7 heteroatoms. The fourth-order valence-electron chi connectivity index (χ4n) is 2.07. The number of carbonyl (C=O) groups is 1. The van der Waals surface area contributed by atoms with Gasteiger partial charge in [-0.05, 0) is 36.2 Å². The molecule has 122 valence electrons. The molecule has 7 nitrogen and oxygen atoms in total. The van der Waals surface area contributed by atoms with E-state index < -0.39 is 0 Å². The van der Waals surface area contributed by atoms with Crippen molar-refractivity contribution in [3.63, 3.8) is 0 Å². The van der Waals surface area contributed by atoms with Gasteiger partial charge in [-0.15, -0.1) is 10.2 Å². The Morgan fingerprint density at radius 2 is 2.00 bits per heavy atom. The number of rotatable bonds is 6. The fraction of sp³-hybridized carbons (Fsp3) is 0.176. The number of H-pyrrole nitrogens is 1. The molecule has 2 aromatic heterocycles. The van der Waals surface area contributed by atoms with E-state index in [1.165, 1.54) is 5.56 Å². The highest BCUT2D eigenvalue weighted by atomic mass is 16.5. The lowest BCUT2D eigenvalue weighted by atomic mass is 10.2. The summed E-state index contributed by atoms with van der Waals surface area (Å²) < 4.78 is 5.44. The number of benzene rings is 1. The van der Waals surface area contributed by atoms with Gasteiger partial charge < -0.3 is 9.72 Å². The Balaban J connectivity index is 1.54. The van der Waals surface area contributed by atoms with Gasteiger partial charge >= 0.3 is 0 Å². The first-order valence-corrected chi connectivity index (χ1v) is 7.60. The van der Waals surface area contributed by atoms with Crippen molar-refractivity contribution >= 4 is 11.9 Å². The van der Waals surface area contributed by atoms with Gasteiger partial charge in [-0.25, -0.2) is 0 Å². The number of nitrogens with zero attached hydrogens (tertiary/aromatic N) is 3. The van der Waals surface area contributed by atoms with Gasteiger partial charge in [0.2, 0.25) is 5.95 Å². The van der Waals surface area contributed by atoms with Crippen molar-refractivity contribution in [3.05, 3.63) is 54.2 Å². The van der Waals surface area contributed by atoms with Gasteiger partial charge in [0.1, 0.15) is 11.4 Å². The molecule has 0 unspecified atom stereocenters. The SMILES string of the molecule is CCc1ccc(OCC(=O)Nc2nnc(-c3ccccn3)[nH]2)cc1. The zero-order chi connectivity index (χ0) is 16.8. The summed E-state index contributed by atoms with van der Waals surface area (Å²) in [6.45, 7) is 1.98. The highest BCUT2D eigenvalue weighted by molar-refractivity contribution is 5.90. The van der Waals surface area contributed by atoms with E-state index in [0.29, 0.717) is 17.3 Å². The zero-order valence-electron chi connectivity index (χ0n) is 13.2. The van der Waals surface area contributed by atoms with Crippen LogP contribution < -0.4 is 10.1 Å². The largest absolute Gasteiger partial charge is 0.484 e. The topological polar surface area (TPSA) is 92.8 Å². The van der Waals surface area contributed by atoms with Crippen LogP contribution in [0.4, 0.5) is 5.95 Å². The molecule has 0 atom stereocenters. The molecule has 1 aromatic carbocycles. The third-order valence-corrected chi connectivity index (χ3v) is 3.35. The summed E-state index contributed by atoms with van der Waals surface area (Å²) >= 11 is 0. The average molecular weight is 323 g/mol. The number of ether oxygens (including phenoxy) is 1. The minimum Gasteiger partial charge on any atom is -0.484 e. The van der Waals surface area contributed by atoms with E-state index in [9.17, 15) is 4.79 Å². The number of aryl methyl sites for hydroxylation is 1. The van der Waals surface area contributed by atoms with Crippen LogP contribution in [-0.2, 0) is 11.2 Å². The number of anilines is 1. The third-order valence-electron chi connectivity index (χ3n) is 3.35. The van der Waals surface area contributed by atoms with Gasteiger partial charge in [-0.3, -0.25) is 15.1 Å². The van der Waals surface area contributed by atoms with Crippen molar-refractivity contribution < 1.29 is 9.53 Å². The zero-order valence-corrected chi connectivity index (χ0v) is 13.2. The Bertz CT molecular complexity index is 799. The first-order chi connectivity index (χ1) is 11.7. The second-order valence-electron chi connectivity index (χ2n) is 5.07. The molecule has 0 fully saturated rings. The van der Waals surface area contributed by atoms with Crippen LogP contribution in [-0.4, -0.2) is 32.7 Å². The van der Waals surface area contributed by atoms with Gasteiger partial charge in [-0.1, -0.05) is 25.1 Å². The van der Waals surface area contributed by atoms with Crippen LogP contribution in [0.3, 0.4) is 0 Å². The minimum absolute atomic E-state index is 0.106. The lowest BCUT2D eigenvalue weighted by Crippen LogP contribution is -2.20. The summed E-state index contributed by atoms with van der Waals surface area (Å²) in [6, 6.07) is 13.1. The number of aromatic amines is 1. The monoisotopic (exact) mass is 323 g/mol. The van der Waals surface area contributed by atoms with Gasteiger partial charge in [-0.2, -0.15) is 0 Å². The number of hydrogen-bond acceptors (Lipinski definition) is 5. The number of nitrogens with one attached hydrogen (secondary N) is 2. The quantitative estimate of drug-likeness (QED) is 0.727. The maximum Gasteiger partial charge on any atom is 0.264 e. The molecule has 0 aliphatic carbocycles. The first-order valence-electron chi connectivity index (χ1n) is 7.60. The van der Waals surface area contributed by atoms with Gasteiger partial charge in [0, 0.05) is 6.20 Å². The number of aromatic nitrogens is 4. The molecule has 0 aliphatic heterocycles. The third kappa shape index (κ3) is 3.95. The second kappa shape index (κ2) is 7.36. The summed E-state index contributed by atoms with van der Waals surface area (Å²) in [6.07, 6.45) is 2.62. The van der Waals surface area contributed by atoms with E-state index in [-0.39, 0.29) is 18.5 Å². The van der Waals surface area contributed by atoms with Crippen molar-refractivity contribution in [2.75, 3.05) is 11.9 Å². The molecule has 2 heterocycles. The van der Waals surface area contributed by atoms with Crippen molar-refractivity contribution in [2.24, 2.45) is 0 Å². The highest BCUT2D eigenvalue weighted by Gasteiger charge is 2.09. The Morgan fingerprint density at radius 1 is 1.17 bits per heavy atom. The maximum absolute atomic E-state index is 11.9. The van der Waals surface area contributed by atoms with Crippen LogP contribution in [0.25, 0.3) is 11.5 Å². The van der Waals surface area contributed by atoms with Crippen molar-refractivity contribution in [3.8, 4) is 17.3 Å². The molecule has 0 saturated carbocycles. The van der Waals surface area contributed by atoms with Crippen LogP contribution in [0.1, 0.15) is 12.5 Å². The first kappa shape index (κ1) is 15.7. The molecule has 1 amide bonds. The molecular weight excluding hydrogens is 306 g/mol. The minimum atomic E-state index is -0.321. The lowest BCUT2D eigenvalue weighted by molar-refractivity contribution is -0.118. The van der Waals surface area contributed by atoms with Crippen molar-refractivity contribution in [2.45, 2.75) is 13.3 Å². The maximum atomic E-state index is 11.9. The Morgan fingerprint density at radius 3 is 2.71 bits per heavy atom. The average Bonchev–Trinajstić information content (AvgIpc) is 3.09. The molecular formula is C17H17N5O2. The van der Waals surface area contributed by atoms with E-state index in [4.69, 9.17) is 4.74 Å². The van der Waals surface area contributed by atoms with Crippen LogP contribution in [0.15, 0.2) is 48.7 Å². The number of amides is 1. The van der Waals surface area contributed by atoms with E-state index in [1.807, 2.05) is 36.4 Å². The van der Waals surface area contributed by atoms with E-state index in [2.05, 4.69) is 32.4 Å². The summed E-state index contributed by atoms with van der Waals surface area (Å²) in [7, 11) is 0. The van der Waals surface area contributed by atoms with Crippen LogP contribution >= 0.6 is 0 Å². The van der Waals surface area contributed by atoms with E-state index in [1.54, 1.807) is 12.3 Å². The molecule has 0 spiro atoms. The Kier molecular flexibility index (Phi) is 4.81. The van der Waals surface area contributed by atoms with Crippen LogP contribution in [0, 0.1) is 0 Å². The highest BCUT2D eigenvalue weighted by Crippen LogP contribution is 2.13. The number of pyridine rings is 1. The Labute approximate surface area is 139 Å². The van der Waals surface area contributed by atoms with Crippen LogP contribution in [0.2, 0.25) is 0 Å². The molecule has 3 aromatic rings. The summed E-state index contributed by atoms with van der Waals surface area (Å²) in [5, 5.41) is 10.4. The number of carbonyl (C=O) groups excluding carboxylic acids is 1. The Hall–Kier alpha value is -3.22. The summed E-state index contributed by atoms with van der Waals surface area (Å²) in [4.78, 5) is 19.0. The predicted molar refractivity (Wildman–Crippen MR) is 89.6 cm³/mol.